The van der Waals surface area contributed by atoms with E-state index in [9.17, 15) is 5.11 Å². The zero-order chi connectivity index (χ0) is 19.6. The molecule has 8 heteroatoms. The molecule has 1 unspecified atom stereocenters. The number of nitrogens with one attached hydrogen (secondary N) is 2. The first-order chi connectivity index (χ1) is 14.3. The Hall–Kier alpha value is -3.49. The molecule has 146 valence electrons. The van der Waals surface area contributed by atoms with Crippen LogP contribution in [0.15, 0.2) is 67.0 Å². The quantitative estimate of drug-likeness (QED) is 0.454. The number of aromatic nitrogens is 5. The highest BCUT2D eigenvalue weighted by Gasteiger charge is 2.27. The van der Waals surface area contributed by atoms with Gasteiger partial charge in [-0.3, -0.25) is 15.0 Å². The number of aliphatic hydroxyl groups is 1. The number of rotatable bonds is 5. The van der Waals surface area contributed by atoms with E-state index in [2.05, 4.69) is 25.5 Å². The van der Waals surface area contributed by atoms with E-state index in [-0.39, 0.29) is 11.9 Å². The van der Waals surface area contributed by atoms with Gasteiger partial charge in [0.1, 0.15) is 30.0 Å². The second-order valence-corrected chi connectivity index (χ2v) is 6.86. The maximum Gasteiger partial charge on any atom is 0.194 e. The predicted octanol–water partition coefficient (Wildman–Crippen LogP) is 2.30. The summed E-state index contributed by atoms with van der Waals surface area (Å²) >= 11 is 0. The summed E-state index contributed by atoms with van der Waals surface area (Å²) in [5.74, 6) is 2.51. The van der Waals surface area contributed by atoms with E-state index in [1.807, 2.05) is 65.4 Å². The number of H-pyrrole nitrogens is 1. The lowest BCUT2D eigenvalue weighted by Crippen LogP contribution is -2.32. The summed E-state index contributed by atoms with van der Waals surface area (Å²) < 4.78 is 7.90. The SMILES string of the molecule is OC(N[C@H]1COc2ccccc2-n2ccnc21)c1n[nH]c(Cc2ccccc2)n1. The smallest absolute Gasteiger partial charge is 0.194 e. The molecule has 0 saturated carbocycles. The highest BCUT2D eigenvalue weighted by molar-refractivity contribution is 5.48. The van der Waals surface area contributed by atoms with Gasteiger partial charge in [-0.05, 0) is 17.7 Å². The van der Waals surface area contributed by atoms with Gasteiger partial charge in [-0.2, -0.15) is 5.10 Å². The average Bonchev–Trinajstić information content (AvgIpc) is 3.39. The third-order valence-electron chi connectivity index (χ3n) is 4.88. The summed E-state index contributed by atoms with van der Waals surface area (Å²) in [5.41, 5.74) is 2.04. The van der Waals surface area contributed by atoms with Gasteiger partial charge in [-0.25, -0.2) is 9.97 Å². The summed E-state index contributed by atoms with van der Waals surface area (Å²) in [5, 5.41) is 20.9. The Morgan fingerprint density at radius 3 is 2.90 bits per heavy atom. The summed E-state index contributed by atoms with van der Waals surface area (Å²) in [6.45, 7) is 0.326. The molecular formula is C21H20N6O2. The van der Waals surface area contributed by atoms with Gasteiger partial charge in [-0.15, -0.1) is 0 Å². The van der Waals surface area contributed by atoms with E-state index >= 15 is 0 Å². The summed E-state index contributed by atoms with van der Waals surface area (Å²) in [7, 11) is 0. The van der Waals surface area contributed by atoms with E-state index in [0.29, 0.717) is 18.9 Å². The first kappa shape index (κ1) is 17.6. The molecule has 0 radical (unpaired) electrons. The molecule has 2 aromatic heterocycles. The van der Waals surface area contributed by atoms with Crippen LogP contribution in [-0.4, -0.2) is 36.4 Å². The Morgan fingerprint density at radius 1 is 1.17 bits per heavy atom. The van der Waals surface area contributed by atoms with Crippen molar-refractivity contribution >= 4 is 0 Å². The average molecular weight is 388 g/mol. The first-order valence-electron chi connectivity index (χ1n) is 9.42. The van der Waals surface area contributed by atoms with Gasteiger partial charge >= 0.3 is 0 Å². The third-order valence-corrected chi connectivity index (χ3v) is 4.88. The topological polar surface area (TPSA) is 101 Å². The van der Waals surface area contributed by atoms with E-state index < -0.39 is 6.23 Å². The van der Waals surface area contributed by atoms with Crippen LogP contribution in [0.1, 0.15) is 35.3 Å². The highest BCUT2D eigenvalue weighted by Crippen LogP contribution is 2.30. The molecule has 0 spiro atoms. The lowest BCUT2D eigenvalue weighted by molar-refractivity contribution is 0.0996. The van der Waals surface area contributed by atoms with Crippen LogP contribution in [0.3, 0.4) is 0 Å². The number of nitrogens with zero attached hydrogens (tertiary/aromatic N) is 4. The van der Waals surface area contributed by atoms with Gasteiger partial charge in [0, 0.05) is 18.8 Å². The minimum atomic E-state index is -1.06. The molecule has 1 aliphatic rings. The maximum atomic E-state index is 10.7. The number of aromatic amines is 1. The lowest BCUT2D eigenvalue weighted by atomic mass is 10.1. The van der Waals surface area contributed by atoms with Crippen molar-refractivity contribution in [1.82, 2.24) is 30.0 Å². The van der Waals surface area contributed by atoms with E-state index in [1.54, 1.807) is 6.20 Å². The number of hydrogen-bond donors (Lipinski definition) is 3. The zero-order valence-corrected chi connectivity index (χ0v) is 15.6. The van der Waals surface area contributed by atoms with Gasteiger partial charge in [0.25, 0.3) is 0 Å². The molecule has 1 aliphatic heterocycles. The van der Waals surface area contributed by atoms with Crippen molar-refractivity contribution in [3.63, 3.8) is 0 Å². The molecule has 5 rings (SSSR count). The molecule has 2 aromatic carbocycles. The summed E-state index contributed by atoms with van der Waals surface area (Å²) in [6.07, 6.45) is 3.18. The largest absolute Gasteiger partial charge is 0.489 e. The number of fused-ring (bicyclic) bond motifs is 3. The van der Waals surface area contributed by atoms with Crippen LogP contribution >= 0.6 is 0 Å². The number of imidazole rings is 1. The second kappa shape index (κ2) is 7.50. The van der Waals surface area contributed by atoms with Gasteiger partial charge in [0.2, 0.25) is 0 Å². The summed E-state index contributed by atoms with van der Waals surface area (Å²) in [4.78, 5) is 8.90. The summed E-state index contributed by atoms with van der Waals surface area (Å²) in [6, 6.07) is 17.4. The highest BCUT2D eigenvalue weighted by atomic mass is 16.5. The number of para-hydroxylation sites is 2. The molecule has 3 N–H and O–H groups in total. The Balaban J connectivity index is 1.33. The van der Waals surface area contributed by atoms with Crippen molar-refractivity contribution in [3.8, 4) is 11.4 Å². The van der Waals surface area contributed by atoms with Crippen LogP contribution in [0.4, 0.5) is 0 Å². The van der Waals surface area contributed by atoms with Crippen LogP contribution in [0.25, 0.3) is 5.69 Å². The van der Waals surface area contributed by atoms with Gasteiger partial charge in [-0.1, -0.05) is 42.5 Å². The fourth-order valence-electron chi connectivity index (χ4n) is 3.49. The van der Waals surface area contributed by atoms with E-state index in [1.165, 1.54) is 0 Å². The van der Waals surface area contributed by atoms with Crippen LogP contribution in [0.5, 0.6) is 5.75 Å². The van der Waals surface area contributed by atoms with Crippen molar-refractivity contribution < 1.29 is 9.84 Å². The monoisotopic (exact) mass is 388 g/mol. The molecule has 3 heterocycles. The minimum absolute atomic E-state index is 0.288. The third kappa shape index (κ3) is 3.51. The Kier molecular flexibility index (Phi) is 4.55. The van der Waals surface area contributed by atoms with Crippen LogP contribution in [0.2, 0.25) is 0 Å². The number of ether oxygens (including phenoxy) is 1. The standard InChI is InChI=1S/C21H20N6O2/c28-21(19-24-18(25-26-19)12-14-6-2-1-3-7-14)23-15-13-29-17-9-5-4-8-16(17)27-11-10-22-20(15)27/h1-11,15,21,23,28H,12-13H2,(H,24,25,26)/t15-,21?/m0/s1. The molecular weight excluding hydrogens is 368 g/mol. The molecule has 0 amide bonds. The van der Waals surface area contributed by atoms with Crippen molar-refractivity contribution in [2.45, 2.75) is 18.7 Å². The van der Waals surface area contributed by atoms with E-state index in [4.69, 9.17) is 4.74 Å². The van der Waals surface area contributed by atoms with Crippen molar-refractivity contribution in [1.29, 1.82) is 0 Å². The normalized spacial score (nSPS) is 16.4. The molecule has 29 heavy (non-hydrogen) atoms. The van der Waals surface area contributed by atoms with E-state index in [0.717, 1.165) is 22.8 Å². The molecule has 0 fully saturated rings. The molecule has 4 aromatic rings. The van der Waals surface area contributed by atoms with Gasteiger partial charge in [0.05, 0.1) is 5.69 Å². The Labute approximate surface area is 167 Å². The number of hydrogen-bond acceptors (Lipinski definition) is 6. The predicted molar refractivity (Wildman–Crippen MR) is 106 cm³/mol. The first-order valence-corrected chi connectivity index (χ1v) is 9.42. The zero-order valence-electron chi connectivity index (χ0n) is 15.6. The van der Waals surface area contributed by atoms with Crippen molar-refractivity contribution in [2.24, 2.45) is 0 Å². The van der Waals surface area contributed by atoms with Gasteiger partial charge < -0.3 is 9.84 Å². The Bertz CT molecular complexity index is 1110. The van der Waals surface area contributed by atoms with Crippen LogP contribution in [0, 0.1) is 0 Å². The molecule has 0 bridgehead atoms. The van der Waals surface area contributed by atoms with Crippen molar-refractivity contribution in [3.05, 3.63) is 90.0 Å². The second-order valence-electron chi connectivity index (χ2n) is 6.86. The number of aliphatic hydroxyl groups excluding tert-OH is 1. The maximum absolute atomic E-state index is 10.7. The lowest BCUT2D eigenvalue weighted by Gasteiger charge is -2.18. The van der Waals surface area contributed by atoms with Crippen LogP contribution < -0.4 is 10.1 Å². The molecule has 8 nitrogen and oxygen atoms in total. The molecule has 0 aliphatic carbocycles. The number of benzene rings is 2. The minimum Gasteiger partial charge on any atom is -0.489 e. The van der Waals surface area contributed by atoms with Crippen LogP contribution in [-0.2, 0) is 6.42 Å². The Morgan fingerprint density at radius 2 is 2.00 bits per heavy atom. The van der Waals surface area contributed by atoms with Crippen molar-refractivity contribution in [2.75, 3.05) is 6.61 Å². The molecule has 2 atom stereocenters. The van der Waals surface area contributed by atoms with Gasteiger partial charge in [0.15, 0.2) is 12.1 Å². The molecule has 0 saturated heterocycles. The fourth-order valence-corrected chi connectivity index (χ4v) is 3.49. The fraction of sp³-hybridized carbons (Fsp3) is 0.190.